The molecule has 5 nitrogen and oxygen atoms in total. The van der Waals surface area contributed by atoms with Crippen molar-refractivity contribution in [1.82, 2.24) is 9.88 Å². The van der Waals surface area contributed by atoms with Crippen molar-refractivity contribution >= 4 is 50.9 Å². The second kappa shape index (κ2) is 7.95. The van der Waals surface area contributed by atoms with Crippen LogP contribution < -0.4 is 5.32 Å². The van der Waals surface area contributed by atoms with E-state index in [1.807, 2.05) is 32.3 Å². The van der Waals surface area contributed by atoms with Gasteiger partial charge in [0.15, 0.2) is 6.29 Å². The Morgan fingerprint density at radius 2 is 2.00 bits per heavy atom. The Labute approximate surface area is 160 Å². The largest absolute Gasteiger partial charge is 0.384 e. The van der Waals surface area contributed by atoms with Gasteiger partial charge in [0.2, 0.25) is 5.78 Å². The first-order valence-electron chi connectivity index (χ1n) is 8.06. The summed E-state index contributed by atoms with van der Waals surface area (Å²) in [6.45, 7) is 1.57. The number of fused-ring (bicyclic) bond motifs is 1. The second-order valence-electron chi connectivity index (χ2n) is 6.11. The summed E-state index contributed by atoms with van der Waals surface area (Å²) in [6, 6.07) is 11.0. The Balaban J connectivity index is 2.03. The third-order valence-electron chi connectivity index (χ3n) is 3.84. The van der Waals surface area contributed by atoms with Gasteiger partial charge in [0.05, 0.1) is 10.2 Å². The maximum absolute atomic E-state index is 12.1. The van der Waals surface area contributed by atoms with Gasteiger partial charge < -0.3 is 10.2 Å². The monoisotopic (exact) mass is 387 g/mol. The lowest BCUT2D eigenvalue weighted by Crippen LogP contribution is -2.20. The van der Waals surface area contributed by atoms with Crippen molar-refractivity contribution in [2.45, 2.75) is 0 Å². The van der Waals surface area contributed by atoms with E-state index in [1.54, 1.807) is 18.2 Å². The van der Waals surface area contributed by atoms with E-state index >= 15 is 0 Å². The van der Waals surface area contributed by atoms with Crippen LogP contribution in [0.3, 0.4) is 0 Å². The third kappa shape index (κ3) is 4.09. The van der Waals surface area contributed by atoms with Gasteiger partial charge in [-0.3, -0.25) is 9.59 Å². The Bertz CT molecular complexity index is 951. The summed E-state index contributed by atoms with van der Waals surface area (Å²) >= 11 is 7.34. The maximum atomic E-state index is 12.1. The number of rotatable bonds is 7. The highest BCUT2D eigenvalue weighted by molar-refractivity contribution is 7.22. The number of nitrogens with one attached hydrogen (secondary N) is 1. The van der Waals surface area contributed by atoms with E-state index in [-0.39, 0.29) is 0 Å². The summed E-state index contributed by atoms with van der Waals surface area (Å²) in [5, 5.41) is 4.71. The molecule has 0 saturated carbocycles. The molecule has 0 amide bonds. The predicted molar refractivity (Wildman–Crippen MR) is 108 cm³/mol. The lowest BCUT2D eigenvalue weighted by Gasteiger charge is -2.12. The number of benzene rings is 2. The van der Waals surface area contributed by atoms with E-state index in [0.29, 0.717) is 27.1 Å². The van der Waals surface area contributed by atoms with Gasteiger partial charge in [-0.1, -0.05) is 23.7 Å². The summed E-state index contributed by atoms with van der Waals surface area (Å²) in [7, 11) is 3.98. The smallest absolute Gasteiger partial charge is 0.226 e. The van der Waals surface area contributed by atoms with Crippen molar-refractivity contribution in [2.75, 3.05) is 32.5 Å². The van der Waals surface area contributed by atoms with Gasteiger partial charge >= 0.3 is 0 Å². The topological polar surface area (TPSA) is 62.3 Å². The standard InChI is InChI=1S/C19H18ClN3O2S/c1-23(2)8-7-21-14-9-15(17(25)11-24)18-16(10-14)22-19(26-18)12-3-5-13(20)6-4-12/h3-6,9-11,21H,7-8H2,1-2H3. The van der Waals surface area contributed by atoms with E-state index in [1.165, 1.54) is 11.3 Å². The summed E-state index contributed by atoms with van der Waals surface area (Å²) < 4.78 is 0.713. The van der Waals surface area contributed by atoms with Crippen molar-refractivity contribution in [3.63, 3.8) is 0 Å². The number of hydrogen-bond donors (Lipinski definition) is 1. The highest BCUT2D eigenvalue weighted by Gasteiger charge is 2.16. The van der Waals surface area contributed by atoms with Crippen LogP contribution in [0, 0.1) is 0 Å². The number of hydrogen-bond acceptors (Lipinski definition) is 6. The third-order valence-corrected chi connectivity index (χ3v) is 5.25. The molecule has 0 atom stereocenters. The van der Waals surface area contributed by atoms with Gasteiger partial charge in [-0.15, -0.1) is 11.3 Å². The van der Waals surface area contributed by atoms with Crippen LogP contribution in [0.15, 0.2) is 36.4 Å². The van der Waals surface area contributed by atoms with Crippen molar-refractivity contribution < 1.29 is 9.59 Å². The van der Waals surface area contributed by atoms with Crippen LogP contribution in [-0.2, 0) is 4.79 Å². The molecule has 3 aromatic rings. The Kier molecular flexibility index (Phi) is 5.66. The van der Waals surface area contributed by atoms with E-state index in [4.69, 9.17) is 11.6 Å². The van der Waals surface area contributed by atoms with Crippen LogP contribution in [0.2, 0.25) is 5.02 Å². The summed E-state index contributed by atoms with van der Waals surface area (Å²) in [4.78, 5) is 29.9. The maximum Gasteiger partial charge on any atom is 0.226 e. The van der Waals surface area contributed by atoms with E-state index in [9.17, 15) is 9.59 Å². The van der Waals surface area contributed by atoms with Crippen LogP contribution in [0.25, 0.3) is 20.8 Å². The number of carbonyl (C=O) groups is 2. The number of anilines is 1. The second-order valence-corrected chi connectivity index (χ2v) is 7.55. The molecule has 2 aromatic carbocycles. The Hall–Kier alpha value is -2.28. The van der Waals surface area contributed by atoms with Gasteiger partial charge in [0.1, 0.15) is 5.01 Å². The zero-order valence-corrected chi connectivity index (χ0v) is 16.0. The summed E-state index contributed by atoms with van der Waals surface area (Å²) in [6.07, 6.45) is 0.347. The molecule has 0 unspecified atom stereocenters. The van der Waals surface area contributed by atoms with Crippen molar-refractivity contribution in [3.05, 3.63) is 47.0 Å². The minimum absolute atomic E-state index is 0.347. The van der Waals surface area contributed by atoms with Crippen LogP contribution in [0.1, 0.15) is 10.4 Å². The van der Waals surface area contributed by atoms with Gasteiger partial charge in [-0.05, 0) is 38.4 Å². The number of Topliss-reactive ketones (excluding diaryl/α,β-unsaturated/α-hetero) is 1. The highest BCUT2D eigenvalue weighted by Crippen LogP contribution is 2.34. The quantitative estimate of drug-likeness (QED) is 0.377. The summed E-state index contributed by atoms with van der Waals surface area (Å²) in [5.41, 5.74) is 2.77. The fourth-order valence-corrected chi connectivity index (χ4v) is 3.72. The number of nitrogens with zero attached hydrogens (tertiary/aromatic N) is 2. The molecule has 0 aliphatic carbocycles. The van der Waals surface area contributed by atoms with Crippen molar-refractivity contribution in [1.29, 1.82) is 0 Å². The molecule has 0 aliphatic heterocycles. The number of ketones is 1. The van der Waals surface area contributed by atoms with Crippen molar-refractivity contribution in [3.8, 4) is 10.6 Å². The van der Waals surface area contributed by atoms with Gasteiger partial charge in [0.25, 0.3) is 0 Å². The van der Waals surface area contributed by atoms with Crippen LogP contribution in [-0.4, -0.2) is 49.1 Å². The number of thiazole rings is 1. The molecule has 1 aromatic heterocycles. The average Bonchev–Trinajstić information content (AvgIpc) is 3.04. The zero-order valence-electron chi connectivity index (χ0n) is 14.5. The van der Waals surface area contributed by atoms with Crippen LogP contribution in [0.4, 0.5) is 5.69 Å². The molecule has 1 N–H and O–H groups in total. The Morgan fingerprint density at radius 1 is 1.27 bits per heavy atom. The van der Waals surface area contributed by atoms with Crippen LogP contribution >= 0.6 is 22.9 Å². The number of aldehydes is 1. The SMILES string of the molecule is CN(C)CCNc1cc(C(=O)C=O)c2sc(-c3ccc(Cl)cc3)nc2c1. The lowest BCUT2D eigenvalue weighted by atomic mass is 10.1. The van der Waals surface area contributed by atoms with Gasteiger partial charge in [-0.2, -0.15) is 0 Å². The molecule has 0 aliphatic rings. The fraction of sp³-hybridized carbons (Fsp3) is 0.211. The fourth-order valence-electron chi connectivity index (χ4n) is 2.52. The lowest BCUT2D eigenvalue weighted by molar-refractivity contribution is -0.104. The molecule has 0 bridgehead atoms. The van der Waals surface area contributed by atoms with E-state index in [0.717, 1.165) is 29.3 Å². The predicted octanol–water partition coefficient (Wildman–Crippen LogP) is 3.97. The molecular weight excluding hydrogens is 370 g/mol. The Morgan fingerprint density at radius 3 is 2.65 bits per heavy atom. The molecule has 3 rings (SSSR count). The first-order chi connectivity index (χ1) is 12.5. The zero-order chi connectivity index (χ0) is 18.7. The molecule has 7 heteroatoms. The molecule has 0 radical (unpaired) electrons. The first-order valence-corrected chi connectivity index (χ1v) is 9.26. The molecule has 0 spiro atoms. The number of likely N-dealkylation sites (N-methyl/N-ethyl adjacent to an activating group) is 1. The normalized spacial score (nSPS) is 11.1. The highest BCUT2D eigenvalue weighted by atomic mass is 35.5. The number of halogens is 1. The number of carbonyl (C=O) groups excluding carboxylic acids is 2. The van der Waals surface area contributed by atoms with Crippen molar-refractivity contribution in [2.24, 2.45) is 0 Å². The summed E-state index contributed by atoms with van der Waals surface area (Å²) in [5.74, 6) is -0.544. The molecule has 1 heterocycles. The molecule has 0 saturated heterocycles. The molecular formula is C19H18ClN3O2S. The van der Waals surface area contributed by atoms with Crippen LogP contribution in [0.5, 0.6) is 0 Å². The van der Waals surface area contributed by atoms with E-state index < -0.39 is 5.78 Å². The molecule has 0 fully saturated rings. The average molecular weight is 388 g/mol. The molecule has 26 heavy (non-hydrogen) atoms. The molecule has 134 valence electrons. The van der Waals surface area contributed by atoms with E-state index in [2.05, 4.69) is 15.2 Å². The van der Waals surface area contributed by atoms with Gasteiger partial charge in [0, 0.05) is 34.9 Å². The van der Waals surface area contributed by atoms with Gasteiger partial charge in [-0.25, -0.2) is 4.98 Å². The number of aromatic nitrogens is 1. The first kappa shape index (κ1) is 18.5. The minimum atomic E-state index is -0.544. The minimum Gasteiger partial charge on any atom is -0.384 e.